The Morgan fingerprint density at radius 3 is 2.58 bits per heavy atom. The van der Waals surface area contributed by atoms with Crippen LogP contribution in [-0.4, -0.2) is 27.5 Å². The van der Waals surface area contributed by atoms with Crippen molar-refractivity contribution in [2.75, 3.05) is 6.54 Å². The lowest BCUT2D eigenvalue weighted by molar-refractivity contribution is -0.126. The van der Waals surface area contributed by atoms with Crippen LogP contribution in [0.25, 0.3) is 0 Å². The van der Waals surface area contributed by atoms with Gasteiger partial charge in [0, 0.05) is 36.4 Å². The molecule has 3 N–H and O–H groups in total. The lowest BCUT2D eigenvalue weighted by Crippen LogP contribution is -2.46. The Hall–Kier alpha value is -1.36. The van der Waals surface area contributed by atoms with Crippen molar-refractivity contribution >= 4 is 5.91 Å². The SMILES string of the molecule is CC(C)n1cncc1CC(CN)C(=O)NC(C)(C)C. The molecule has 0 aliphatic carbocycles. The van der Waals surface area contributed by atoms with Crippen molar-refractivity contribution in [3.05, 3.63) is 18.2 Å². The number of nitrogens with zero attached hydrogens (tertiary/aromatic N) is 2. The summed E-state index contributed by atoms with van der Waals surface area (Å²) in [6, 6.07) is 0.335. The number of hydrogen-bond acceptors (Lipinski definition) is 3. The number of nitrogens with two attached hydrogens (primary N) is 1. The highest BCUT2D eigenvalue weighted by Gasteiger charge is 2.23. The Kier molecular flexibility index (Phi) is 5.11. The van der Waals surface area contributed by atoms with Crippen molar-refractivity contribution in [2.45, 2.75) is 52.6 Å². The molecule has 0 aliphatic rings. The van der Waals surface area contributed by atoms with Gasteiger partial charge >= 0.3 is 0 Å². The number of rotatable bonds is 5. The van der Waals surface area contributed by atoms with Gasteiger partial charge in [-0.2, -0.15) is 0 Å². The molecular formula is C14H26N4O. The molecule has 1 aromatic heterocycles. The molecule has 0 radical (unpaired) electrons. The second-order valence-corrected chi connectivity index (χ2v) is 6.26. The first-order valence-electron chi connectivity index (χ1n) is 6.77. The summed E-state index contributed by atoms with van der Waals surface area (Å²) in [7, 11) is 0. The average molecular weight is 266 g/mol. The third kappa shape index (κ3) is 4.67. The summed E-state index contributed by atoms with van der Waals surface area (Å²) in [5.41, 5.74) is 6.56. The minimum Gasteiger partial charge on any atom is -0.351 e. The van der Waals surface area contributed by atoms with Gasteiger partial charge in [-0.05, 0) is 34.6 Å². The van der Waals surface area contributed by atoms with Gasteiger partial charge in [-0.1, -0.05) is 0 Å². The van der Waals surface area contributed by atoms with Gasteiger partial charge in [0.1, 0.15) is 0 Å². The zero-order chi connectivity index (χ0) is 14.6. The minimum absolute atomic E-state index is 0.00602. The van der Waals surface area contributed by atoms with Crippen molar-refractivity contribution in [2.24, 2.45) is 11.7 Å². The number of nitrogens with one attached hydrogen (secondary N) is 1. The quantitative estimate of drug-likeness (QED) is 0.848. The Labute approximate surface area is 115 Å². The Bertz CT molecular complexity index is 417. The van der Waals surface area contributed by atoms with Crippen LogP contribution < -0.4 is 11.1 Å². The maximum Gasteiger partial charge on any atom is 0.225 e. The number of aromatic nitrogens is 2. The number of carbonyl (C=O) groups excluding carboxylic acids is 1. The number of amides is 1. The maximum absolute atomic E-state index is 12.2. The summed E-state index contributed by atoms with van der Waals surface area (Å²) >= 11 is 0. The first kappa shape index (κ1) is 15.7. The number of hydrogen-bond donors (Lipinski definition) is 2. The molecule has 1 atom stereocenters. The molecule has 0 spiro atoms. The Balaban J connectivity index is 2.77. The first-order valence-corrected chi connectivity index (χ1v) is 6.77. The van der Waals surface area contributed by atoms with Crippen LogP contribution in [0.1, 0.15) is 46.4 Å². The van der Waals surface area contributed by atoms with E-state index in [-0.39, 0.29) is 17.4 Å². The molecule has 19 heavy (non-hydrogen) atoms. The molecule has 1 rings (SSSR count). The summed E-state index contributed by atoms with van der Waals surface area (Å²) in [6.07, 6.45) is 4.23. The van der Waals surface area contributed by atoms with Crippen LogP contribution in [0.4, 0.5) is 0 Å². The molecule has 0 saturated heterocycles. The minimum atomic E-state index is -0.233. The van der Waals surface area contributed by atoms with Crippen molar-refractivity contribution in [3.63, 3.8) is 0 Å². The molecule has 0 saturated carbocycles. The first-order chi connectivity index (χ1) is 8.74. The average Bonchev–Trinajstić information content (AvgIpc) is 2.71. The monoisotopic (exact) mass is 266 g/mol. The van der Waals surface area contributed by atoms with E-state index in [0.29, 0.717) is 19.0 Å². The lowest BCUT2D eigenvalue weighted by Gasteiger charge is -2.24. The van der Waals surface area contributed by atoms with Gasteiger partial charge in [-0.25, -0.2) is 4.98 Å². The largest absolute Gasteiger partial charge is 0.351 e. The van der Waals surface area contributed by atoms with Gasteiger partial charge in [0.05, 0.1) is 12.2 Å². The molecule has 1 aromatic rings. The molecule has 0 aliphatic heterocycles. The van der Waals surface area contributed by atoms with Gasteiger partial charge in [-0.3, -0.25) is 4.79 Å². The van der Waals surface area contributed by atoms with Crippen LogP contribution in [0, 0.1) is 5.92 Å². The van der Waals surface area contributed by atoms with Crippen molar-refractivity contribution in [1.82, 2.24) is 14.9 Å². The predicted octanol–water partition coefficient (Wildman–Crippen LogP) is 1.50. The molecule has 0 aromatic carbocycles. The molecule has 5 heteroatoms. The molecule has 0 fully saturated rings. The third-order valence-corrected chi connectivity index (χ3v) is 2.91. The van der Waals surface area contributed by atoms with E-state index in [2.05, 4.69) is 28.7 Å². The van der Waals surface area contributed by atoms with Gasteiger partial charge in [-0.15, -0.1) is 0 Å². The van der Waals surface area contributed by atoms with Crippen LogP contribution in [0.3, 0.4) is 0 Å². The summed E-state index contributed by atoms with van der Waals surface area (Å²) in [5.74, 6) is -0.208. The molecule has 0 bridgehead atoms. The van der Waals surface area contributed by atoms with Gasteiger partial charge in [0.2, 0.25) is 5.91 Å². The predicted molar refractivity (Wildman–Crippen MR) is 76.8 cm³/mol. The van der Waals surface area contributed by atoms with E-state index < -0.39 is 0 Å². The van der Waals surface area contributed by atoms with E-state index >= 15 is 0 Å². The second kappa shape index (κ2) is 6.19. The summed E-state index contributed by atoms with van der Waals surface area (Å²) in [5, 5.41) is 2.98. The van der Waals surface area contributed by atoms with E-state index in [1.54, 1.807) is 6.33 Å². The number of carbonyl (C=O) groups is 1. The van der Waals surface area contributed by atoms with Gasteiger partial charge < -0.3 is 15.6 Å². The topological polar surface area (TPSA) is 72.9 Å². The molecule has 1 unspecified atom stereocenters. The Morgan fingerprint density at radius 1 is 1.47 bits per heavy atom. The highest BCUT2D eigenvalue weighted by atomic mass is 16.2. The fourth-order valence-corrected chi connectivity index (χ4v) is 1.96. The van der Waals surface area contributed by atoms with E-state index in [1.165, 1.54) is 0 Å². The second-order valence-electron chi connectivity index (χ2n) is 6.26. The third-order valence-electron chi connectivity index (χ3n) is 2.91. The van der Waals surface area contributed by atoms with Crippen LogP contribution in [0.5, 0.6) is 0 Å². The highest BCUT2D eigenvalue weighted by Crippen LogP contribution is 2.14. The standard InChI is InChI=1S/C14H26N4O/c1-10(2)18-9-16-8-12(18)6-11(7-15)13(19)17-14(3,4)5/h8-11H,6-7,15H2,1-5H3,(H,17,19). The normalized spacial score (nSPS) is 13.6. The lowest BCUT2D eigenvalue weighted by atomic mass is 10.00. The van der Waals surface area contributed by atoms with Crippen molar-refractivity contribution in [3.8, 4) is 0 Å². The van der Waals surface area contributed by atoms with Gasteiger partial charge in [0.15, 0.2) is 0 Å². The van der Waals surface area contributed by atoms with E-state index in [4.69, 9.17) is 5.73 Å². The van der Waals surface area contributed by atoms with Crippen LogP contribution in [-0.2, 0) is 11.2 Å². The fourth-order valence-electron chi connectivity index (χ4n) is 1.96. The molecule has 1 heterocycles. The van der Waals surface area contributed by atoms with Crippen molar-refractivity contribution in [1.29, 1.82) is 0 Å². The number of imidazole rings is 1. The molecule has 1 amide bonds. The smallest absolute Gasteiger partial charge is 0.225 e. The van der Waals surface area contributed by atoms with Crippen LogP contribution >= 0.6 is 0 Å². The van der Waals surface area contributed by atoms with Crippen LogP contribution in [0.15, 0.2) is 12.5 Å². The summed E-state index contributed by atoms with van der Waals surface area (Å²) in [4.78, 5) is 16.3. The summed E-state index contributed by atoms with van der Waals surface area (Å²) < 4.78 is 2.08. The Morgan fingerprint density at radius 2 is 2.11 bits per heavy atom. The molecule has 5 nitrogen and oxygen atoms in total. The van der Waals surface area contributed by atoms with E-state index in [1.807, 2.05) is 27.0 Å². The van der Waals surface area contributed by atoms with E-state index in [9.17, 15) is 4.79 Å². The highest BCUT2D eigenvalue weighted by molar-refractivity contribution is 5.79. The van der Waals surface area contributed by atoms with E-state index in [0.717, 1.165) is 5.69 Å². The molecule has 108 valence electrons. The maximum atomic E-state index is 12.2. The van der Waals surface area contributed by atoms with Gasteiger partial charge in [0.25, 0.3) is 0 Å². The summed E-state index contributed by atoms with van der Waals surface area (Å²) in [6.45, 7) is 10.4. The zero-order valence-electron chi connectivity index (χ0n) is 12.6. The fraction of sp³-hybridized carbons (Fsp3) is 0.714. The zero-order valence-corrected chi connectivity index (χ0v) is 12.6. The van der Waals surface area contributed by atoms with Crippen molar-refractivity contribution < 1.29 is 4.79 Å². The van der Waals surface area contributed by atoms with Crippen LogP contribution in [0.2, 0.25) is 0 Å². The molecular weight excluding hydrogens is 240 g/mol.